The third-order valence-corrected chi connectivity index (χ3v) is 3.79. The van der Waals surface area contributed by atoms with E-state index in [0.29, 0.717) is 12.8 Å². The molecule has 1 aromatic rings. The van der Waals surface area contributed by atoms with Gasteiger partial charge in [-0.2, -0.15) is 0 Å². The fourth-order valence-corrected chi connectivity index (χ4v) is 2.88. The Morgan fingerprint density at radius 1 is 1.07 bits per heavy atom. The quantitative estimate of drug-likeness (QED) is 0.790. The van der Waals surface area contributed by atoms with Gasteiger partial charge >= 0.3 is 0 Å². The van der Waals surface area contributed by atoms with E-state index in [4.69, 9.17) is 5.73 Å². The van der Waals surface area contributed by atoms with E-state index in [9.17, 15) is 8.78 Å². The molecule has 82 valence electrons. The van der Waals surface area contributed by atoms with Gasteiger partial charge in [0.05, 0.1) is 11.0 Å². The SMILES string of the molecule is Cl.NC12CC(c3ccccc3)(C1)C2(F)F. The van der Waals surface area contributed by atoms with Gasteiger partial charge in [-0.3, -0.25) is 0 Å². The minimum atomic E-state index is -2.71. The van der Waals surface area contributed by atoms with E-state index in [2.05, 4.69) is 0 Å². The molecule has 0 saturated heterocycles. The largest absolute Gasteiger partial charge is 0.320 e. The molecule has 0 atom stereocenters. The normalized spacial score (nSPS) is 39.7. The Morgan fingerprint density at radius 2 is 1.60 bits per heavy atom. The molecule has 1 aromatic carbocycles. The van der Waals surface area contributed by atoms with Crippen LogP contribution in [0.25, 0.3) is 0 Å². The van der Waals surface area contributed by atoms with E-state index < -0.39 is 16.9 Å². The van der Waals surface area contributed by atoms with Crippen LogP contribution in [0.15, 0.2) is 30.3 Å². The second-order valence-corrected chi connectivity index (χ2v) is 4.53. The number of halogens is 3. The van der Waals surface area contributed by atoms with Gasteiger partial charge in [0, 0.05) is 0 Å². The lowest BCUT2D eigenvalue weighted by Gasteiger charge is -2.73. The lowest BCUT2D eigenvalue weighted by atomic mass is 9.35. The van der Waals surface area contributed by atoms with Gasteiger partial charge in [-0.05, 0) is 18.4 Å². The van der Waals surface area contributed by atoms with Crippen LogP contribution in [0.5, 0.6) is 0 Å². The first kappa shape index (κ1) is 10.8. The molecule has 3 saturated carbocycles. The second-order valence-electron chi connectivity index (χ2n) is 4.53. The average Bonchev–Trinajstić information content (AvgIpc) is 2.15. The van der Waals surface area contributed by atoms with Gasteiger partial charge in [-0.15, -0.1) is 12.4 Å². The molecule has 0 unspecified atom stereocenters. The van der Waals surface area contributed by atoms with Crippen molar-refractivity contribution in [2.45, 2.75) is 29.7 Å². The standard InChI is InChI=1S/C11H11F2N.ClH/c12-11(13)9(6-10(11,14)7-9)8-4-2-1-3-5-8;/h1-5H,6-7,14H2;1H. The zero-order chi connectivity index (χ0) is 10.0. The molecule has 4 heteroatoms. The molecular weight excluding hydrogens is 220 g/mol. The minimum Gasteiger partial charge on any atom is -0.320 e. The Balaban J connectivity index is 0.000000853. The first-order valence-electron chi connectivity index (χ1n) is 4.74. The van der Waals surface area contributed by atoms with Crippen LogP contribution in [-0.4, -0.2) is 11.5 Å². The Labute approximate surface area is 93.1 Å². The van der Waals surface area contributed by atoms with Gasteiger partial charge in [0.2, 0.25) is 0 Å². The topological polar surface area (TPSA) is 26.0 Å². The fourth-order valence-electron chi connectivity index (χ4n) is 2.88. The summed E-state index contributed by atoms with van der Waals surface area (Å²) >= 11 is 0. The van der Waals surface area contributed by atoms with E-state index in [1.807, 2.05) is 6.07 Å². The van der Waals surface area contributed by atoms with Crippen molar-refractivity contribution in [1.82, 2.24) is 0 Å². The first-order valence-corrected chi connectivity index (χ1v) is 4.74. The highest BCUT2D eigenvalue weighted by Crippen LogP contribution is 2.75. The van der Waals surface area contributed by atoms with E-state index >= 15 is 0 Å². The van der Waals surface area contributed by atoms with Crippen LogP contribution in [0.2, 0.25) is 0 Å². The molecule has 0 radical (unpaired) electrons. The molecule has 3 aliphatic carbocycles. The Kier molecular flexibility index (Phi) is 1.96. The molecule has 0 spiro atoms. The van der Waals surface area contributed by atoms with Gasteiger partial charge < -0.3 is 5.73 Å². The summed E-state index contributed by atoms with van der Waals surface area (Å²) in [6.07, 6.45) is 0.855. The number of nitrogens with two attached hydrogens (primary N) is 1. The third-order valence-electron chi connectivity index (χ3n) is 3.79. The summed E-state index contributed by atoms with van der Waals surface area (Å²) in [6, 6.07) is 8.98. The maximum absolute atomic E-state index is 13.6. The summed E-state index contributed by atoms with van der Waals surface area (Å²) in [7, 11) is 0. The van der Waals surface area contributed by atoms with Crippen LogP contribution < -0.4 is 5.73 Å². The van der Waals surface area contributed by atoms with E-state index in [1.165, 1.54) is 0 Å². The van der Waals surface area contributed by atoms with Crippen LogP contribution in [0.1, 0.15) is 18.4 Å². The highest BCUT2D eigenvalue weighted by Gasteiger charge is 2.87. The Hall–Kier alpha value is -0.670. The van der Waals surface area contributed by atoms with Crippen LogP contribution in [0.3, 0.4) is 0 Å². The van der Waals surface area contributed by atoms with Gasteiger partial charge in [-0.25, -0.2) is 8.78 Å². The van der Waals surface area contributed by atoms with Gasteiger partial charge in [0.25, 0.3) is 5.92 Å². The zero-order valence-corrected chi connectivity index (χ0v) is 8.86. The molecule has 0 amide bonds. The lowest BCUT2D eigenvalue weighted by Crippen LogP contribution is -2.89. The van der Waals surface area contributed by atoms with Crippen LogP contribution in [-0.2, 0) is 5.41 Å². The molecule has 3 aliphatic rings. The Morgan fingerprint density at radius 3 is 2.00 bits per heavy atom. The van der Waals surface area contributed by atoms with E-state index in [-0.39, 0.29) is 12.4 Å². The highest BCUT2D eigenvalue weighted by molar-refractivity contribution is 5.85. The molecule has 3 fully saturated rings. The second kappa shape index (κ2) is 2.71. The van der Waals surface area contributed by atoms with Crippen molar-refractivity contribution in [3.63, 3.8) is 0 Å². The van der Waals surface area contributed by atoms with Crippen molar-refractivity contribution in [3.05, 3.63) is 35.9 Å². The smallest absolute Gasteiger partial charge is 0.275 e. The third kappa shape index (κ3) is 0.911. The monoisotopic (exact) mass is 231 g/mol. The van der Waals surface area contributed by atoms with E-state index in [0.717, 1.165) is 5.56 Å². The zero-order valence-electron chi connectivity index (χ0n) is 8.04. The van der Waals surface area contributed by atoms with Crippen LogP contribution in [0, 0.1) is 0 Å². The van der Waals surface area contributed by atoms with Gasteiger partial charge in [-0.1, -0.05) is 30.3 Å². The summed E-state index contributed by atoms with van der Waals surface area (Å²) in [4.78, 5) is 0. The summed E-state index contributed by atoms with van der Waals surface area (Å²) < 4.78 is 27.2. The predicted molar refractivity (Wildman–Crippen MR) is 56.5 cm³/mol. The predicted octanol–water partition coefficient (Wildman–Crippen LogP) is 2.49. The van der Waals surface area contributed by atoms with Crippen molar-refractivity contribution in [3.8, 4) is 0 Å². The number of alkyl halides is 2. The van der Waals surface area contributed by atoms with Gasteiger partial charge in [0.1, 0.15) is 0 Å². The molecule has 1 nitrogen and oxygen atoms in total. The van der Waals surface area contributed by atoms with Crippen molar-refractivity contribution in [2.24, 2.45) is 5.73 Å². The maximum Gasteiger partial charge on any atom is 0.275 e. The molecule has 0 aliphatic heterocycles. The number of rotatable bonds is 1. The number of hydrogen-bond acceptors (Lipinski definition) is 1. The van der Waals surface area contributed by atoms with Crippen molar-refractivity contribution >= 4 is 12.4 Å². The summed E-state index contributed by atoms with van der Waals surface area (Å²) in [6.45, 7) is 0. The molecule has 2 N–H and O–H groups in total. The molecule has 0 heterocycles. The molecule has 15 heavy (non-hydrogen) atoms. The van der Waals surface area contributed by atoms with Crippen LogP contribution in [0.4, 0.5) is 8.78 Å². The number of hydrogen-bond donors (Lipinski definition) is 1. The van der Waals surface area contributed by atoms with E-state index in [1.54, 1.807) is 24.3 Å². The van der Waals surface area contributed by atoms with Crippen molar-refractivity contribution in [1.29, 1.82) is 0 Å². The van der Waals surface area contributed by atoms with Crippen LogP contribution >= 0.6 is 12.4 Å². The molecule has 0 aromatic heterocycles. The average molecular weight is 232 g/mol. The minimum absolute atomic E-state index is 0. The summed E-state index contributed by atoms with van der Waals surface area (Å²) in [5, 5.41) is 0. The highest BCUT2D eigenvalue weighted by atomic mass is 35.5. The molecule has 2 bridgehead atoms. The Bertz CT molecular complexity index is 385. The lowest BCUT2D eigenvalue weighted by molar-refractivity contribution is -0.317. The molecular formula is C11H12ClF2N. The number of benzene rings is 1. The molecule has 4 rings (SSSR count). The van der Waals surface area contributed by atoms with Gasteiger partial charge in [0.15, 0.2) is 0 Å². The summed E-state index contributed by atoms with van der Waals surface area (Å²) in [5.74, 6) is -2.71. The summed E-state index contributed by atoms with van der Waals surface area (Å²) in [5.41, 5.74) is 4.12. The van der Waals surface area contributed by atoms with Crippen molar-refractivity contribution in [2.75, 3.05) is 0 Å². The van der Waals surface area contributed by atoms with Crippen molar-refractivity contribution < 1.29 is 8.78 Å². The maximum atomic E-state index is 13.6. The fraction of sp³-hybridized carbons (Fsp3) is 0.455. The first-order chi connectivity index (χ1) is 6.52.